The maximum absolute atomic E-state index is 13.1. The summed E-state index contributed by atoms with van der Waals surface area (Å²) in [5, 5.41) is 7.39. The number of nitrogens with one attached hydrogen (secondary N) is 1. The van der Waals surface area contributed by atoms with Gasteiger partial charge in [-0.3, -0.25) is 14.9 Å². The number of benzene rings is 1. The molecule has 0 spiro atoms. The molecule has 1 amide bonds. The number of aryl methyl sites for hydroxylation is 1. The lowest BCUT2D eigenvalue weighted by Gasteiger charge is -2.34. The predicted octanol–water partition coefficient (Wildman–Crippen LogP) is 3.54. The Bertz CT molecular complexity index is 905. The van der Waals surface area contributed by atoms with Crippen molar-refractivity contribution in [3.63, 3.8) is 0 Å². The smallest absolute Gasteiger partial charge is 0.254 e. The van der Waals surface area contributed by atoms with E-state index >= 15 is 0 Å². The SMILES string of the molecule is Cc1cccc(C(=O)N2CCCCC2c2nc(-c3ccncc3)n[nH]2)c1. The maximum Gasteiger partial charge on any atom is 0.254 e. The molecule has 4 rings (SSSR count). The summed E-state index contributed by atoms with van der Waals surface area (Å²) >= 11 is 0. The molecule has 2 aromatic heterocycles. The molecule has 1 fully saturated rings. The van der Waals surface area contributed by atoms with Crippen LogP contribution in [0.4, 0.5) is 0 Å². The van der Waals surface area contributed by atoms with Gasteiger partial charge in [0.2, 0.25) is 0 Å². The molecule has 0 saturated carbocycles. The molecule has 0 radical (unpaired) electrons. The van der Waals surface area contributed by atoms with Gasteiger partial charge < -0.3 is 4.90 Å². The van der Waals surface area contributed by atoms with Crippen molar-refractivity contribution in [3.05, 3.63) is 65.7 Å². The van der Waals surface area contributed by atoms with Crippen LogP contribution in [0.1, 0.15) is 47.1 Å². The van der Waals surface area contributed by atoms with Gasteiger partial charge in [0.25, 0.3) is 5.91 Å². The zero-order valence-corrected chi connectivity index (χ0v) is 14.7. The Kier molecular flexibility index (Phi) is 4.48. The molecule has 132 valence electrons. The quantitative estimate of drug-likeness (QED) is 0.786. The molecule has 6 heteroatoms. The molecule has 6 nitrogen and oxygen atoms in total. The molecular formula is C20H21N5O. The van der Waals surface area contributed by atoms with Crippen LogP contribution in [0.15, 0.2) is 48.8 Å². The molecule has 1 aliphatic heterocycles. The van der Waals surface area contributed by atoms with Crippen molar-refractivity contribution >= 4 is 5.91 Å². The molecule has 1 N–H and O–H groups in total. The highest BCUT2D eigenvalue weighted by Gasteiger charge is 2.31. The topological polar surface area (TPSA) is 74.8 Å². The zero-order valence-electron chi connectivity index (χ0n) is 14.7. The second-order valence-electron chi connectivity index (χ2n) is 6.66. The Hall–Kier alpha value is -3.02. The summed E-state index contributed by atoms with van der Waals surface area (Å²) in [7, 11) is 0. The number of amides is 1. The number of rotatable bonds is 3. The second-order valence-corrected chi connectivity index (χ2v) is 6.66. The van der Waals surface area contributed by atoms with Gasteiger partial charge in [0.1, 0.15) is 5.82 Å². The van der Waals surface area contributed by atoms with Gasteiger partial charge in [-0.15, -0.1) is 0 Å². The van der Waals surface area contributed by atoms with Gasteiger partial charge in [-0.2, -0.15) is 5.10 Å². The lowest BCUT2D eigenvalue weighted by atomic mass is 10.00. The average molecular weight is 347 g/mol. The standard InChI is InChI=1S/C20H21N5O/c1-14-5-4-6-16(13-14)20(26)25-12-3-2-7-17(25)19-22-18(23-24-19)15-8-10-21-11-9-15/h4-6,8-11,13,17H,2-3,7,12H2,1H3,(H,22,23,24). The van der Waals surface area contributed by atoms with Crippen LogP contribution in [0.3, 0.4) is 0 Å². The molecule has 1 saturated heterocycles. The van der Waals surface area contributed by atoms with Gasteiger partial charge in [-0.05, 0) is 50.5 Å². The normalized spacial score (nSPS) is 17.3. The first-order chi connectivity index (χ1) is 12.7. The van der Waals surface area contributed by atoms with Gasteiger partial charge in [-0.1, -0.05) is 17.7 Å². The number of hydrogen-bond donors (Lipinski definition) is 1. The molecule has 3 heterocycles. The third kappa shape index (κ3) is 3.22. The van der Waals surface area contributed by atoms with E-state index in [1.54, 1.807) is 12.4 Å². The second kappa shape index (κ2) is 7.07. The number of aromatic nitrogens is 4. The highest BCUT2D eigenvalue weighted by atomic mass is 16.2. The summed E-state index contributed by atoms with van der Waals surface area (Å²) < 4.78 is 0. The number of aromatic amines is 1. The summed E-state index contributed by atoms with van der Waals surface area (Å²) in [5.41, 5.74) is 2.73. The number of nitrogens with zero attached hydrogens (tertiary/aromatic N) is 4. The van der Waals surface area contributed by atoms with Gasteiger partial charge in [0, 0.05) is 30.1 Å². The van der Waals surface area contributed by atoms with E-state index in [4.69, 9.17) is 0 Å². The van der Waals surface area contributed by atoms with Gasteiger partial charge in [0.15, 0.2) is 5.82 Å². The van der Waals surface area contributed by atoms with Crippen molar-refractivity contribution in [2.24, 2.45) is 0 Å². The first-order valence-electron chi connectivity index (χ1n) is 8.93. The fraction of sp³-hybridized carbons (Fsp3) is 0.300. The van der Waals surface area contributed by atoms with Crippen molar-refractivity contribution in [1.29, 1.82) is 0 Å². The third-order valence-electron chi connectivity index (χ3n) is 4.79. The van der Waals surface area contributed by atoms with Crippen molar-refractivity contribution < 1.29 is 4.79 Å². The minimum absolute atomic E-state index is 0.0558. The highest BCUT2D eigenvalue weighted by molar-refractivity contribution is 5.94. The van der Waals surface area contributed by atoms with E-state index in [1.165, 1.54) is 0 Å². The van der Waals surface area contributed by atoms with Crippen molar-refractivity contribution in [1.82, 2.24) is 25.1 Å². The molecule has 0 bridgehead atoms. The number of hydrogen-bond acceptors (Lipinski definition) is 4. The van der Waals surface area contributed by atoms with Gasteiger partial charge >= 0.3 is 0 Å². The monoisotopic (exact) mass is 347 g/mol. The van der Waals surface area contributed by atoms with Crippen LogP contribution >= 0.6 is 0 Å². The van der Waals surface area contributed by atoms with E-state index < -0.39 is 0 Å². The zero-order chi connectivity index (χ0) is 17.9. The lowest BCUT2D eigenvalue weighted by Crippen LogP contribution is -2.39. The van der Waals surface area contributed by atoms with E-state index in [-0.39, 0.29) is 11.9 Å². The van der Waals surface area contributed by atoms with E-state index in [1.807, 2.05) is 48.2 Å². The number of pyridine rings is 1. The minimum Gasteiger partial charge on any atom is -0.328 e. The largest absolute Gasteiger partial charge is 0.328 e. The molecule has 3 aromatic rings. The van der Waals surface area contributed by atoms with E-state index in [9.17, 15) is 4.79 Å². The molecule has 0 aliphatic carbocycles. The predicted molar refractivity (Wildman–Crippen MR) is 98.4 cm³/mol. The van der Waals surface area contributed by atoms with Crippen molar-refractivity contribution in [2.45, 2.75) is 32.2 Å². The molecule has 1 aromatic carbocycles. The van der Waals surface area contributed by atoms with Crippen molar-refractivity contribution in [2.75, 3.05) is 6.54 Å². The number of carbonyl (C=O) groups is 1. The van der Waals surface area contributed by atoms with Gasteiger partial charge in [-0.25, -0.2) is 4.98 Å². The lowest BCUT2D eigenvalue weighted by molar-refractivity contribution is 0.0600. The van der Waals surface area contributed by atoms with E-state index in [0.29, 0.717) is 5.82 Å². The Labute approximate surface area is 152 Å². The Morgan fingerprint density at radius 1 is 1.19 bits per heavy atom. The van der Waals surface area contributed by atoms with Crippen LogP contribution in [0.2, 0.25) is 0 Å². The van der Waals surface area contributed by atoms with Crippen LogP contribution in [-0.2, 0) is 0 Å². The summed E-state index contributed by atoms with van der Waals surface area (Å²) in [6.07, 6.45) is 6.43. The number of H-pyrrole nitrogens is 1. The van der Waals surface area contributed by atoms with E-state index in [2.05, 4.69) is 20.2 Å². The summed E-state index contributed by atoms with van der Waals surface area (Å²) in [6, 6.07) is 11.4. The number of carbonyl (C=O) groups excluding carboxylic acids is 1. The fourth-order valence-electron chi connectivity index (χ4n) is 3.46. The molecule has 1 aliphatic rings. The average Bonchev–Trinajstić information content (AvgIpc) is 3.18. The number of piperidine rings is 1. The minimum atomic E-state index is -0.0696. The summed E-state index contributed by atoms with van der Waals surface area (Å²) in [4.78, 5) is 23.7. The molecule has 1 atom stereocenters. The summed E-state index contributed by atoms with van der Waals surface area (Å²) in [6.45, 7) is 2.74. The first-order valence-corrected chi connectivity index (χ1v) is 8.93. The van der Waals surface area contributed by atoms with Crippen molar-refractivity contribution in [3.8, 4) is 11.4 Å². The Morgan fingerprint density at radius 3 is 2.85 bits per heavy atom. The van der Waals surface area contributed by atoms with Crippen LogP contribution < -0.4 is 0 Å². The number of likely N-dealkylation sites (tertiary alicyclic amines) is 1. The molecule has 1 unspecified atom stereocenters. The maximum atomic E-state index is 13.1. The fourth-order valence-corrected chi connectivity index (χ4v) is 3.46. The van der Waals surface area contributed by atoms with E-state index in [0.717, 1.165) is 48.3 Å². The summed E-state index contributed by atoms with van der Waals surface area (Å²) in [5.74, 6) is 1.44. The molecule has 26 heavy (non-hydrogen) atoms. The third-order valence-corrected chi connectivity index (χ3v) is 4.79. The van der Waals surface area contributed by atoms with Gasteiger partial charge in [0.05, 0.1) is 6.04 Å². The first kappa shape index (κ1) is 16.4. The highest BCUT2D eigenvalue weighted by Crippen LogP contribution is 2.31. The Morgan fingerprint density at radius 2 is 2.04 bits per heavy atom. The molecular weight excluding hydrogens is 326 g/mol. The van der Waals surface area contributed by atoms with Crippen LogP contribution in [0.25, 0.3) is 11.4 Å². The Balaban J connectivity index is 1.62. The van der Waals surface area contributed by atoms with Crippen LogP contribution in [-0.4, -0.2) is 37.5 Å². The van der Waals surface area contributed by atoms with Crippen LogP contribution in [0, 0.1) is 6.92 Å². The van der Waals surface area contributed by atoms with Crippen LogP contribution in [0.5, 0.6) is 0 Å².